The lowest BCUT2D eigenvalue weighted by molar-refractivity contribution is -0.0490. The monoisotopic (exact) mass is 156 g/mol. The smallest absolute Gasteiger partial charge is 0.157 e. The average Bonchev–Trinajstić information content (AvgIpc) is 2.52. The van der Waals surface area contributed by atoms with Crippen molar-refractivity contribution in [2.75, 3.05) is 13.2 Å². The van der Waals surface area contributed by atoms with Crippen molar-refractivity contribution in [3.05, 3.63) is 12.7 Å². The van der Waals surface area contributed by atoms with E-state index in [2.05, 4.69) is 13.5 Å². The van der Waals surface area contributed by atoms with Crippen molar-refractivity contribution >= 4 is 0 Å². The Morgan fingerprint density at radius 2 is 2.18 bits per heavy atom. The van der Waals surface area contributed by atoms with E-state index in [1.165, 1.54) is 0 Å². The zero-order valence-electron chi connectivity index (χ0n) is 7.08. The lowest BCUT2D eigenvalue weighted by atomic mass is 10.1. The molecule has 0 aliphatic carbocycles. The van der Waals surface area contributed by atoms with E-state index in [1.54, 1.807) is 0 Å². The molecular weight excluding hydrogens is 140 g/mol. The van der Waals surface area contributed by atoms with Gasteiger partial charge in [0.05, 0.1) is 13.2 Å². The highest BCUT2D eigenvalue weighted by Crippen LogP contribution is 2.14. The van der Waals surface area contributed by atoms with Crippen LogP contribution in [0.4, 0.5) is 0 Å². The van der Waals surface area contributed by atoms with Gasteiger partial charge in [0.25, 0.3) is 0 Å². The van der Waals surface area contributed by atoms with E-state index in [0.29, 0.717) is 5.92 Å². The van der Waals surface area contributed by atoms with Gasteiger partial charge in [0, 0.05) is 0 Å². The Hall–Kier alpha value is -0.340. The molecule has 1 atom stereocenters. The van der Waals surface area contributed by atoms with Gasteiger partial charge < -0.3 is 9.47 Å². The van der Waals surface area contributed by atoms with Gasteiger partial charge in [-0.05, 0) is 18.8 Å². The summed E-state index contributed by atoms with van der Waals surface area (Å²) in [6, 6.07) is 0. The summed E-state index contributed by atoms with van der Waals surface area (Å²) in [5.74, 6) is 0.572. The maximum Gasteiger partial charge on any atom is 0.157 e. The molecule has 0 aromatic carbocycles. The van der Waals surface area contributed by atoms with Gasteiger partial charge in [-0.3, -0.25) is 0 Å². The van der Waals surface area contributed by atoms with Crippen LogP contribution in [0.1, 0.15) is 19.8 Å². The Bertz CT molecular complexity index is 117. The van der Waals surface area contributed by atoms with Gasteiger partial charge in [0.1, 0.15) is 0 Å². The van der Waals surface area contributed by atoms with Gasteiger partial charge in [0.2, 0.25) is 0 Å². The fourth-order valence-corrected chi connectivity index (χ4v) is 1.09. The van der Waals surface area contributed by atoms with Crippen molar-refractivity contribution in [1.29, 1.82) is 0 Å². The Morgan fingerprint density at radius 1 is 1.55 bits per heavy atom. The van der Waals surface area contributed by atoms with Crippen molar-refractivity contribution in [2.24, 2.45) is 5.92 Å². The highest BCUT2D eigenvalue weighted by atomic mass is 16.7. The zero-order chi connectivity index (χ0) is 8.10. The Labute approximate surface area is 68.2 Å². The number of hydrogen-bond acceptors (Lipinski definition) is 2. The Kier molecular flexibility index (Phi) is 3.60. The molecule has 2 nitrogen and oxygen atoms in total. The fourth-order valence-electron chi connectivity index (χ4n) is 1.09. The van der Waals surface area contributed by atoms with E-state index in [4.69, 9.17) is 9.47 Å². The first-order valence-corrected chi connectivity index (χ1v) is 4.18. The molecule has 64 valence electrons. The maximum atomic E-state index is 5.29. The quantitative estimate of drug-likeness (QED) is 0.579. The molecular formula is C9H16O2. The van der Waals surface area contributed by atoms with Crippen molar-refractivity contribution in [2.45, 2.75) is 26.1 Å². The third-order valence-corrected chi connectivity index (χ3v) is 1.95. The van der Waals surface area contributed by atoms with E-state index in [1.807, 2.05) is 6.08 Å². The zero-order valence-corrected chi connectivity index (χ0v) is 7.08. The standard InChI is InChI=1S/C9H16O2/c1-3-8(2)4-5-9-10-6-7-11-9/h3,8-9H,1,4-7H2,2H3/t8-/m0/s1. The lowest BCUT2D eigenvalue weighted by Crippen LogP contribution is -2.08. The normalized spacial score (nSPS) is 21.9. The molecule has 0 saturated carbocycles. The molecule has 1 rings (SSSR count). The molecule has 1 heterocycles. The first-order chi connectivity index (χ1) is 5.33. The van der Waals surface area contributed by atoms with Gasteiger partial charge in [-0.15, -0.1) is 6.58 Å². The van der Waals surface area contributed by atoms with Crippen LogP contribution < -0.4 is 0 Å². The topological polar surface area (TPSA) is 18.5 Å². The summed E-state index contributed by atoms with van der Waals surface area (Å²) in [6.45, 7) is 7.39. The van der Waals surface area contributed by atoms with Crippen LogP contribution in [0.5, 0.6) is 0 Å². The summed E-state index contributed by atoms with van der Waals surface area (Å²) in [6.07, 6.45) is 4.12. The van der Waals surface area contributed by atoms with Crippen molar-refractivity contribution in [1.82, 2.24) is 0 Å². The summed E-state index contributed by atoms with van der Waals surface area (Å²) in [4.78, 5) is 0. The summed E-state index contributed by atoms with van der Waals surface area (Å²) < 4.78 is 10.6. The molecule has 0 aromatic rings. The number of allylic oxidation sites excluding steroid dienone is 1. The highest BCUT2D eigenvalue weighted by molar-refractivity contribution is 4.75. The van der Waals surface area contributed by atoms with Gasteiger partial charge >= 0.3 is 0 Å². The van der Waals surface area contributed by atoms with Crippen LogP contribution in [-0.4, -0.2) is 19.5 Å². The van der Waals surface area contributed by atoms with Crippen LogP contribution >= 0.6 is 0 Å². The largest absolute Gasteiger partial charge is 0.350 e. The summed E-state index contributed by atoms with van der Waals surface area (Å²) in [7, 11) is 0. The van der Waals surface area contributed by atoms with Gasteiger partial charge in [-0.1, -0.05) is 13.0 Å². The minimum absolute atomic E-state index is 0.0531. The second kappa shape index (κ2) is 4.52. The first kappa shape index (κ1) is 8.75. The highest BCUT2D eigenvalue weighted by Gasteiger charge is 2.15. The van der Waals surface area contributed by atoms with Crippen LogP contribution in [0.2, 0.25) is 0 Å². The van der Waals surface area contributed by atoms with Gasteiger partial charge in [-0.2, -0.15) is 0 Å². The molecule has 0 N–H and O–H groups in total. The lowest BCUT2D eigenvalue weighted by Gasteiger charge is -2.10. The summed E-state index contributed by atoms with van der Waals surface area (Å²) >= 11 is 0. The first-order valence-electron chi connectivity index (χ1n) is 4.18. The Balaban J connectivity index is 2.06. The summed E-state index contributed by atoms with van der Waals surface area (Å²) in [5, 5.41) is 0. The molecule has 11 heavy (non-hydrogen) atoms. The van der Waals surface area contributed by atoms with E-state index in [-0.39, 0.29) is 6.29 Å². The van der Waals surface area contributed by atoms with E-state index in [0.717, 1.165) is 26.1 Å². The SMILES string of the molecule is C=C[C@H](C)CCC1OCCO1. The number of rotatable bonds is 4. The summed E-state index contributed by atoms with van der Waals surface area (Å²) in [5.41, 5.74) is 0. The van der Waals surface area contributed by atoms with Gasteiger partial charge in [0.15, 0.2) is 6.29 Å². The molecule has 0 radical (unpaired) electrons. The van der Waals surface area contributed by atoms with Crippen LogP contribution in [-0.2, 0) is 9.47 Å². The van der Waals surface area contributed by atoms with Crippen LogP contribution in [0.15, 0.2) is 12.7 Å². The van der Waals surface area contributed by atoms with Crippen LogP contribution in [0, 0.1) is 5.92 Å². The van der Waals surface area contributed by atoms with Crippen molar-refractivity contribution in [3.63, 3.8) is 0 Å². The number of hydrogen-bond donors (Lipinski definition) is 0. The van der Waals surface area contributed by atoms with E-state index >= 15 is 0 Å². The van der Waals surface area contributed by atoms with Crippen molar-refractivity contribution < 1.29 is 9.47 Å². The molecule has 0 aromatic heterocycles. The maximum absolute atomic E-state index is 5.29. The Morgan fingerprint density at radius 3 is 2.73 bits per heavy atom. The molecule has 0 unspecified atom stereocenters. The minimum Gasteiger partial charge on any atom is -0.350 e. The average molecular weight is 156 g/mol. The molecule has 0 bridgehead atoms. The third kappa shape index (κ3) is 3.04. The second-order valence-corrected chi connectivity index (χ2v) is 2.96. The van der Waals surface area contributed by atoms with Crippen LogP contribution in [0.3, 0.4) is 0 Å². The molecule has 0 spiro atoms. The molecule has 1 aliphatic rings. The fraction of sp³-hybridized carbons (Fsp3) is 0.778. The predicted molar refractivity (Wildman–Crippen MR) is 44.3 cm³/mol. The molecule has 1 saturated heterocycles. The molecule has 1 aliphatic heterocycles. The van der Waals surface area contributed by atoms with Gasteiger partial charge in [-0.25, -0.2) is 0 Å². The predicted octanol–water partition coefficient (Wildman–Crippen LogP) is 1.96. The minimum atomic E-state index is 0.0531. The van der Waals surface area contributed by atoms with E-state index < -0.39 is 0 Å². The van der Waals surface area contributed by atoms with Crippen molar-refractivity contribution in [3.8, 4) is 0 Å². The molecule has 2 heteroatoms. The molecule has 1 fully saturated rings. The van der Waals surface area contributed by atoms with Crippen LogP contribution in [0.25, 0.3) is 0 Å². The number of ether oxygens (including phenoxy) is 2. The second-order valence-electron chi connectivity index (χ2n) is 2.96. The van der Waals surface area contributed by atoms with E-state index in [9.17, 15) is 0 Å². The third-order valence-electron chi connectivity index (χ3n) is 1.95. The molecule has 0 amide bonds.